The first-order valence-electron chi connectivity index (χ1n) is 9.71. The summed E-state index contributed by atoms with van der Waals surface area (Å²) in [5, 5.41) is 9.01. The summed E-state index contributed by atoms with van der Waals surface area (Å²) in [6, 6.07) is 21.3. The molecular weight excluding hydrogens is 414 g/mol. The molecule has 0 radical (unpaired) electrons. The van der Waals surface area contributed by atoms with Gasteiger partial charge in [0.25, 0.3) is 0 Å². The fourth-order valence-corrected chi connectivity index (χ4v) is 3.62. The Labute approximate surface area is 184 Å². The van der Waals surface area contributed by atoms with Crippen molar-refractivity contribution < 1.29 is 14.3 Å². The number of fused-ring (bicyclic) bond motifs is 1. The van der Waals surface area contributed by atoms with Gasteiger partial charge in [-0.25, -0.2) is 4.79 Å². The Hall–Kier alpha value is -3.64. The van der Waals surface area contributed by atoms with E-state index in [2.05, 4.69) is 5.32 Å². The SMILES string of the molecule is COC(=O)c1ccccc1NC(=O)[C@H](C)n1nc(-c2ccccc2)c2cc(Cl)ccc21. The smallest absolute Gasteiger partial charge is 0.339 e. The van der Waals surface area contributed by atoms with Gasteiger partial charge in [-0.2, -0.15) is 5.10 Å². The molecule has 7 heteroatoms. The van der Waals surface area contributed by atoms with Crippen LogP contribution in [0.25, 0.3) is 22.2 Å². The average Bonchev–Trinajstić information content (AvgIpc) is 3.17. The highest BCUT2D eigenvalue weighted by Crippen LogP contribution is 2.32. The minimum atomic E-state index is -0.646. The third-order valence-electron chi connectivity index (χ3n) is 5.05. The number of nitrogens with one attached hydrogen (secondary N) is 1. The molecule has 0 fully saturated rings. The number of hydrogen-bond acceptors (Lipinski definition) is 4. The lowest BCUT2D eigenvalue weighted by atomic mass is 10.1. The number of aromatic nitrogens is 2. The highest BCUT2D eigenvalue weighted by molar-refractivity contribution is 6.31. The first-order valence-corrected chi connectivity index (χ1v) is 10.1. The van der Waals surface area contributed by atoms with E-state index in [1.54, 1.807) is 41.9 Å². The largest absolute Gasteiger partial charge is 0.465 e. The Balaban J connectivity index is 1.73. The number of halogens is 1. The Morgan fingerprint density at radius 3 is 2.48 bits per heavy atom. The summed E-state index contributed by atoms with van der Waals surface area (Å²) in [6.07, 6.45) is 0. The van der Waals surface area contributed by atoms with E-state index in [0.29, 0.717) is 10.7 Å². The van der Waals surface area contributed by atoms with Crippen LogP contribution in [-0.2, 0) is 9.53 Å². The normalized spacial score (nSPS) is 11.8. The lowest BCUT2D eigenvalue weighted by Crippen LogP contribution is -2.25. The highest BCUT2D eigenvalue weighted by atomic mass is 35.5. The van der Waals surface area contributed by atoms with Crippen LogP contribution < -0.4 is 5.32 Å². The van der Waals surface area contributed by atoms with Crippen molar-refractivity contribution in [3.8, 4) is 11.3 Å². The van der Waals surface area contributed by atoms with E-state index in [1.165, 1.54) is 7.11 Å². The van der Waals surface area contributed by atoms with Gasteiger partial charge in [0, 0.05) is 16.0 Å². The van der Waals surface area contributed by atoms with Gasteiger partial charge in [-0.05, 0) is 37.3 Å². The van der Waals surface area contributed by atoms with Crippen LogP contribution in [0.5, 0.6) is 0 Å². The van der Waals surface area contributed by atoms with Gasteiger partial charge >= 0.3 is 5.97 Å². The van der Waals surface area contributed by atoms with Gasteiger partial charge in [-0.3, -0.25) is 9.48 Å². The third-order valence-corrected chi connectivity index (χ3v) is 5.29. The number of carbonyl (C=O) groups is 2. The lowest BCUT2D eigenvalue weighted by molar-refractivity contribution is -0.118. The van der Waals surface area contributed by atoms with E-state index < -0.39 is 12.0 Å². The number of ether oxygens (including phenoxy) is 1. The summed E-state index contributed by atoms with van der Waals surface area (Å²) >= 11 is 6.24. The number of hydrogen-bond donors (Lipinski definition) is 1. The molecular formula is C24H20ClN3O3. The van der Waals surface area contributed by atoms with Crippen LogP contribution in [-0.4, -0.2) is 28.8 Å². The zero-order valence-corrected chi connectivity index (χ0v) is 17.8. The predicted octanol–water partition coefficient (Wildman–Crippen LogP) is 5.34. The number of nitrogens with zero attached hydrogens (tertiary/aromatic N) is 2. The number of para-hydroxylation sites is 1. The monoisotopic (exact) mass is 433 g/mol. The predicted molar refractivity (Wildman–Crippen MR) is 121 cm³/mol. The summed E-state index contributed by atoms with van der Waals surface area (Å²) in [5.74, 6) is -0.829. The standard InChI is InChI=1S/C24H20ClN3O3/c1-15(23(29)26-20-11-7-6-10-18(20)24(30)31-2)28-21-13-12-17(25)14-19(21)22(27-28)16-8-4-3-5-9-16/h3-15H,1-2H3,(H,26,29)/t15-/m0/s1. The number of amides is 1. The lowest BCUT2D eigenvalue weighted by Gasteiger charge is -2.15. The van der Waals surface area contributed by atoms with E-state index in [1.807, 2.05) is 42.5 Å². The van der Waals surface area contributed by atoms with Crippen molar-refractivity contribution in [3.63, 3.8) is 0 Å². The molecule has 1 heterocycles. The summed E-state index contributed by atoms with van der Waals surface area (Å²) in [5.41, 5.74) is 3.12. The molecule has 4 rings (SSSR count). The van der Waals surface area contributed by atoms with Crippen molar-refractivity contribution in [2.75, 3.05) is 12.4 Å². The Morgan fingerprint density at radius 1 is 1.03 bits per heavy atom. The molecule has 156 valence electrons. The number of benzene rings is 3. The molecule has 4 aromatic rings. The molecule has 1 N–H and O–H groups in total. The van der Waals surface area contributed by atoms with E-state index in [4.69, 9.17) is 21.4 Å². The number of anilines is 1. The quantitative estimate of drug-likeness (QED) is 0.431. The Kier molecular flexibility index (Phi) is 5.73. The molecule has 0 unspecified atom stereocenters. The summed E-state index contributed by atoms with van der Waals surface area (Å²) in [6.45, 7) is 1.76. The van der Waals surface area contributed by atoms with Gasteiger partial charge in [0.05, 0.1) is 23.9 Å². The van der Waals surface area contributed by atoms with Gasteiger partial charge in [0.1, 0.15) is 11.7 Å². The maximum atomic E-state index is 13.1. The van der Waals surface area contributed by atoms with Gasteiger partial charge in [-0.1, -0.05) is 54.1 Å². The molecule has 1 amide bonds. The van der Waals surface area contributed by atoms with Crippen LogP contribution >= 0.6 is 11.6 Å². The Bertz CT molecular complexity index is 1270. The molecule has 0 aliphatic rings. The molecule has 0 spiro atoms. The minimum absolute atomic E-state index is 0.285. The molecule has 0 aliphatic carbocycles. The van der Waals surface area contributed by atoms with Crippen LogP contribution in [0.3, 0.4) is 0 Å². The minimum Gasteiger partial charge on any atom is -0.465 e. The molecule has 0 bridgehead atoms. The van der Waals surface area contributed by atoms with E-state index in [-0.39, 0.29) is 11.5 Å². The van der Waals surface area contributed by atoms with Crippen molar-refractivity contribution in [3.05, 3.63) is 83.4 Å². The molecule has 3 aromatic carbocycles. The summed E-state index contributed by atoms with van der Waals surface area (Å²) < 4.78 is 6.48. The fraction of sp³-hybridized carbons (Fsp3) is 0.125. The van der Waals surface area contributed by atoms with E-state index in [0.717, 1.165) is 22.2 Å². The van der Waals surface area contributed by atoms with Crippen LogP contribution in [0.1, 0.15) is 23.3 Å². The molecule has 0 saturated carbocycles. The van der Waals surface area contributed by atoms with Crippen molar-refractivity contribution in [2.45, 2.75) is 13.0 Å². The highest BCUT2D eigenvalue weighted by Gasteiger charge is 2.23. The first-order chi connectivity index (χ1) is 15.0. The molecule has 0 aliphatic heterocycles. The second-order valence-corrected chi connectivity index (χ2v) is 7.46. The number of carbonyl (C=O) groups excluding carboxylic acids is 2. The van der Waals surface area contributed by atoms with Crippen molar-refractivity contribution in [2.24, 2.45) is 0 Å². The third kappa shape index (κ3) is 4.02. The molecule has 31 heavy (non-hydrogen) atoms. The number of esters is 1. The second-order valence-electron chi connectivity index (χ2n) is 7.02. The number of methoxy groups -OCH3 is 1. The fourth-order valence-electron chi connectivity index (χ4n) is 3.45. The maximum absolute atomic E-state index is 13.1. The maximum Gasteiger partial charge on any atom is 0.339 e. The molecule has 0 saturated heterocycles. The second kappa shape index (κ2) is 8.62. The zero-order valence-electron chi connectivity index (χ0n) is 17.0. The Morgan fingerprint density at radius 2 is 1.74 bits per heavy atom. The summed E-state index contributed by atoms with van der Waals surface area (Å²) in [7, 11) is 1.30. The first kappa shape index (κ1) is 20.6. The molecule has 1 aromatic heterocycles. The van der Waals surface area contributed by atoms with Gasteiger partial charge in [0.2, 0.25) is 5.91 Å². The van der Waals surface area contributed by atoms with Crippen LogP contribution in [0, 0.1) is 0 Å². The van der Waals surface area contributed by atoms with Crippen molar-refractivity contribution in [1.82, 2.24) is 9.78 Å². The van der Waals surface area contributed by atoms with E-state index in [9.17, 15) is 9.59 Å². The van der Waals surface area contributed by atoms with Crippen LogP contribution in [0.15, 0.2) is 72.8 Å². The average molecular weight is 434 g/mol. The summed E-state index contributed by atoms with van der Waals surface area (Å²) in [4.78, 5) is 25.1. The number of rotatable bonds is 5. The topological polar surface area (TPSA) is 73.2 Å². The van der Waals surface area contributed by atoms with Gasteiger partial charge in [-0.15, -0.1) is 0 Å². The van der Waals surface area contributed by atoms with Crippen molar-refractivity contribution >= 4 is 40.1 Å². The van der Waals surface area contributed by atoms with E-state index >= 15 is 0 Å². The van der Waals surface area contributed by atoms with Gasteiger partial charge in [0.15, 0.2) is 0 Å². The van der Waals surface area contributed by atoms with Crippen LogP contribution in [0.2, 0.25) is 5.02 Å². The van der Waals surface area contributed by atoms with Crippen molar-refractivity contribution in [1.29, 1.82) is 0 Å². The molecule has 1 atom stereocenters. The molecule has 6 nitrogen and oxygen atoms in total. The zero-order chi connectivity index (χ0) is 22.0. The van der Waals surface area contributed by atoms with Crippen LogP contribution in [0.4, 0.5) is 5.69 Å². The van der Waals surface area contributed by atoms with Gasteiger partial charge < -0.3 is 10.1 Å².